The second kappa shape index (κ2) is 6.64. The molecule has 4 heteroatoms. The summed E-state index contributed by atoms with van der Waals surface area (Å²) in [5.74, 6) is 0.232. The van der Waals surface area contributed by atoms with E-state index in [0.717, 1.165) is 17.5 Å². The van der Waals surface area contributed by atoms with Crippen molar-refractivity contribution in [2.75, 3.05) is 7.11 Å². The van der Waals surface area contributed by atoms with Gasteiger partial charge in [0, 0.05) is 6.42 Å². The summed E-state index contributed by atoms with van der Waals surface area (Å²) in [5, 5.41) is 9.23. The Morgan fingerprint density at radius 2 is 2.17 bits per heavy atom. The number of carboxylic acids is 1. The third-order valence-corrected chi connectivity index (χ3v) is 3.39. The molecule has 100 valence electrons. The van der Waals surface area contributed by atoms with E-state index in [9.17, 15) is 4.79 Å². The van der Waals surface area contributed by atoms with E-state index < -0.39 is 5.97 Å². The first kappa shape index (κ1) is 14.8. The van der Waals surface area contributed by atoms with Crippen LogP contribution in [0.5, 0.6) is 5.75 Å². The molecule has 1 rings (SSSR count). The van der Waals surface area contributed by atoms with Crippen LogP contribution < -0.4 is 4.74 Å². The van der Waals surface area contributed by atoms with Crippen molar-refractivity contribution >= 4 is 17.6 Å². The maximum Gasteiger partial charge on any atom is 0.303 e. The largest absolute Gasteiger partial charge is 0.495 e. The van der Waals surface area contributed by atoms with E-state index >= 15 is 0 Å². The summed E-state index contributed by atoms with van der Waals surface area (Å²) >= 11 is 6.11. The number of halogens is 1. The second-order valence-corrected chi connectivity index (χ2v) is 4.94. The molecule has 0 heterocycles. The average Bonchev–Trinajstić information content (AvgIpc) is 2.30. The Labute approximate surface area is 113 Å². The summed E-state index contributed by atoms with van der Waals surface area (Å²) < 4.78 is 5.16. The molecule has 0 spiro atoms. The number of methoxy groups -OCH3 is 1. The van der Waals surface area contributed by atoms with Gasteiger partial charge in [-0.1, -0.05) is 18.5 Å². The number of hydrogen-bond acceptors (Lipinski definition) is 2. The van der Waals surface area contributed by atoms with Crippen LogP contribution in [-0.4, -0.2) is 18.2 Å². The van der Waals surface area contributed by atoms with Gasteiger partial charge in [0.15, 0.2) is 0 Å². The molecule has 1 unspecified atom stereocenters. The molecule has 0 saturated carbocycles. The molecule has 0 aliphatic heterocycles. The van der Waals surface area contributed by atoms with Gasteiger partial charge in [-0.2, -0.15) is 0 Å². The first-order chi connectivity index (χ1) is 8.45. The third kappa shape index (κ3) is 3.91. The fourth-order valence-corrected chi connectivity index (χ4v) is 2.32. The lowest BCUT2D eigenvalue weighted by atomic mass is 9.92. The van der Waals surface area contributed by atoms with Crippen molar-refractivity contribution < 1.29 is 14.6 Å². The molecule has 1 aromatic rings. The lowest BCUT2D eigenvalue weighted by Crippen LogP contribution is -2.01. The van der Waals surface area contributed by atoms with E-state index in [2.05, 4.69) is 6.92 Å². The van der Waals surface area contributed by atoms with Gasteiger partial charge < -0.3 is 9.84 Å². The van der Waals surface area contributed by atoms with Crippen molar-refractivity contribution in [1.29, 1.82) is 0 Å². The Balaban J connectivity index is 2.76. The first-order valence-electron chi connectivity index (χ1n) is 6.01. The Bertz CT molecular complexity index is 429. The zero-order chi connectivity index (χ0) is 13.7. The fourth-order valence-electron chi connectivity index (χ4n) is 2.07. The molecule has 1 aromatic carbocycles. The zero-order valence-corrected chi connectivity index (χ0v) is 11.8. The fraction of sp³-hybridized carbons (Fsp3) is 0.500. The number of ether oxygens (including phenoxy) is 1. The van der Waals surface area contributed by atoms with Crippen LogP contribution in [0, 0.1) is 6.92 Å². The molecule has 1 atom stereocenters. The minimum atomic E-state index is -0.744. The van der Waals surface area contributed by atoms with Gasteiger partial charge in [-0.05, 0) is 48.9 Å². The highest BCUT2D eigenvalue weighted by Gasteiger charge is 2.12. The number of aryl methyl sites for hydroxylation is 1. The molecule has 18 heavy (non-hydrogen) atoms. The van der Waals surface area contributed by atoms with Gasteiger partial charge in [-0.15, -0.1) is 0 Å². The van der Waals surface area contributed by atoms with Gasteiger partial charge >= 0.3 is 5.97 Å². The van der Waals surface area contributed by atoms with Gasteiger partial charge in [0.25, 0.3) is 0 Å². The number of aliphatic carboxylic acids is 1. The van der Waals surface area contributed by atoms with E-state index in [4.69, 9.17) is 21.4 Å². The number of carboxylic acid groups (broad SMARTS) is 1. The molecule has 0 radical (unpaired) electrons. The zero-order valence-electron chi connectivity index (χ0n) is 11.0. The molecule has 3 nitrogen and oxygen atoms in total. The molecule has 0 aliphatic carbocycles. The Hall–Kier alpha value is -1.22. The number of rotatable bonds is 6. The summed E-state index contributed by atoms with van der Waals surface area (Å²) in [6, 6.07) is 3.84. The number of hydrogen-bond donors (Lipinski definition) is 1. The van der Waals surface area contributed by atoms with Crippen LogP contribution in [0.1, 0.15) is 43.2 Å². The maximum atomic E-state index is 10.5. The molecule has 0 amide bonds. The van der Waals surface area contributed by atoms with Crippen LogP contribution in [0.4, 0.5) is 0 Å². The molecule has 1 N–H and O–H groups in total. The van der Waals surface area contributed by atoms with Crippen molar-refractivity contribution in [1.82, 2.24) is 0 Å². The molecular weight excluding hydrogens is 252 g/mol. The quantitative estimate of drug-likeness (QED) is 0.849. The van der Waals surface area contributed by atoms with Gasteiger partial charge in [0.1, 0.15) is 5.75 Å². The molecule has 0 bridgehead atoms. The van der Waals surface area contributed by atoms with Crippen LogP contribution in [0.15, 0.2) is 12.1 Å². The van der Waals surface area contributed by atoms with E-state index in [1.165, 1.54) is 0 Å². The van der Waals surface area contributed by atoms with Crippen molar-refractivity contribution in [2.24, 2.45) is 0 Å². The van der Waals surface area contributed by atoms with Gasteiger partial charge in [0.2, 0.25) is 0 Å². The first-order valence-corrected chi connectivity index (χ1v) is 6.39. The highest BCUT2D eigenvalue weighted by molar-refractivity contribution is 6.32. The number of carbonyl (C=O) groups is 1. The van der Waals surface area contributed by atoms with E-state index in [-0.39, 0.29) is 6.42 Å². The van der Waals surface area contributed by atoms with Crippen molar-refractivity contribution in [3.63, 3.8) is 0 Å². The monoisotopic (exact) mass is 270 g/mol. The van der Waals surface area contributed by atoms with Gasteiger partial charge in [-0.25, -0.2) is 0 Å². The highest BCUT2D eigenvalue weighted by Crippen LogP contribution is 2.33. The highest BCUT2D eigenvalue weighted by atomic mass is 35.5. The Kier molecular flexibility index (Phi) is 5.48. The van der Waals surface area contributed by atoms with Crippen LogP contribution in [-0.2, 0) is 4.79 Å². The average molecular weight is 271 g/mol. The van der Waals surface area contributed by atoms with Gasteiger partial charge in [-0.3, -0.25) is 4.79 Å². The summed E-state index contributed by atoms with van der Waals surface area (Å²) in [5.41, 5.74) is 2.28. The molecule has 0 aliphatic rings. The smallest absolute Gasteiger partial charge is 0.303 e. The standard InChI is InChI=1S/C14H19ClO3/c1-9(5-4-6-14(16)17)11-8-12(15)13(18-3)7-10(11)2/h7-9H,4-6H2,1-3H3,(H,16,17). The Morgan fingerprint density at radius 3 is 2.72 bits per heavy atom. The molecule has 0 aromatic heterocycles. The van der Waals surface area contributed by atoms with Crippen LogP contribution in [0.2, 0.25) is 5.02 Å². The summed E-state index contributed by atoms with van der Waals surface area (Å²) in [6.07, 6.45) is 1.74. The van der Waals surface area contributed by atoms with E-state index in [0.29, 0.717) is 23.1 Å². The van der Waals surface area contributed by atoms with Crippen LogP contribution in [0.3, 0.4) is 0 Å². The summed E-state index contributed by atoms with van der Waals surface area (Å²) in [4.78, 5) is 10.5. The predicted molar refractivity (Wildman–Crippen MR) is 72.6 cm³/mol. The molecule has 0 saturated heterocycles. The molecular formula is C14H19ClO3. The minimum absolute atomic E-state index is 0.216. The van der Waals surface area contributed by atoms with Crippen molar-refractivity contribution in [3.8, 4) is 5.75 Å². The lowest BCUT2D eigenvalue weighted by molar-refractivity contribution is -0.137. The summed E-state index contributed by atoms with van der Waals surface area (Å²) in [6.45, 7) is 4.11. The third-order valence-electron chi connectivity index (χ3n) is 3.10. The van der Waals surface area contributed by atoms with Crippen molar-refractivity contribution in [3.05, 3.63) is 28.3 Å². The normalized spacial score (nSPS) is 12.2. The minimum Gasteiger partial charge on any atom is -0.495 e. The molecule has 0 fully saturated rings. The van der Waals surface area contributed by atoms with E-state index in [1.54, 1.807) is 7.11 Å². The maximum absolute atomic E-state index is 10.5. The Morgan fingerprint density at radius 1 is 1.50 bits per heavy atom. The van der Waals surface area contributed by atoms with Gasteiger partial charge in [0.05, 0.1) is 12.1 Å². The van der Waals surface area contributed by atoms with E-state index in [1.807, 2.05) is 19.1 Å². The van der Waals surface area contributed by atoms with Crippen LogP contribution in [0.25, 0.3) is 0 Å². The SMILES string of the molecule is COc1cc(C)c(C(C)CCCC(=O)O)cc1Cl. The second-order valence-electron chi connectivity index (χ2n) is 4.53. The van der Waals surface area contributed by atoms with Crippen LogP contribution >= 0.6 is 11.6 Å². The summed E-state index contributed by atoms with van der Waals surface area (Å²) in [7, 11) is 1.59. The lowest BCUT2D eigenvalue weighted by Gasteiger charge is -2.16. The predicted octanol–water partition coefficient (Wildman–Crippen LogP) is 4.02. The topological polar surface area (TPSA) is 46.5 Å². The number of benzene rings is 1. The van der Waals surface area contributed by atoms with Crippen molar-refractivity contribution in [2.45, 2.75) is 39.0 Å².